The van der Waals surface area contributed by atoms with Crippen LogP contribution >= 0.6 is 0 Å². The molecule has 1 aromatic carbocycles. The number of ether oxygens (including phenoxy) is 2. The fourth-order valence-corrected chi connectivity index (χ4v) is 2.40. The molecule has 1 N–H and O–H groups in total. The number of aromatic nitrogens is 2. The Balaban J connectivity index is 2.11. The Kier molecular flexibility index (Phi) is 3.28. The zero-order valence-corrected chi connectivity index (χ0v) is 11.9. The molecule has 1 aliphatic heterocycles. The molecule has 0 fully saturated rings. The van der Waals surface area contributed by atoms with E-state index in [-0.39, 0.29) is 0 Å². The molecule has 0 atom stereocenters. The number of nitrogens with one attached hydrogen (secondary N) is 1. The monoisotopic (exact) mass is 271 g/mol. The van der Waals surface area contributed by atoms with Crippen LogP contribution in [0.25, 0.3) is 11.4 Å². The van der Waals surface area contributed by atoms with E-state index in [1.807, 2.05) is 25.1 Å². The molecule has 0 saturated heterocycles. The fourth-order valence-electron chi connectivity index (χ4n) is 2.40. The molecule has 0 saturated carbocycles. The second kappa shape index (κ2) is 5.09. The van der Waals surface area contributed by atoms with E-state index in [4.69, 9.17) is 9.47 Å². The van der Waals surface area contributed by atoms with Crippen LogP contribution in [0.1, 0.15) is 17.0 Å². The van der Waals surface area contributed by atoms with Gasteiger partial charge in [-0.25, -0.2) is 9.97 Å². The number of rotatable bonds is 3. The average Bonchev–Trinajstić information content (AvgIpc) is 2.95. The summed E-state index contributed by atoms with van der Waals surface area (Å²) in [5, 5.41) is 3.30. The van der Waals surface area contributed by atoms with Crippen LogP contribution in [0.2, 0.25) is 0 Å². The van der Waals surface area contributed by atoms with Crippen molar-refractivity contribution in [3.05, 3.63) is 35.2 Å². The maximum Gasteiger partial charge on any atom is 0.159 e. The number of hydrogen-bond donors (Lipinski definition) is 1. The van der Waals surface area contributed by atoms with Crippen LogP contribution in [0, 0.1) is 6.92 Å². The second-order valence-electron chi connectivity index (χ2n) is 4.76. The zero-order chi connectivity index (χ0) is 14.1. The summed E-state index contributed by atoms with van der Waals surface area (Å²) < 4.78 is 10.6. The van der Waals surface area contributed by atoms with E-state index in [1.165, 1.54) is 5.56 Å². The van der Waals surface area contributed by atoms with Gasteiger partial charge in [-0.2, -0.15) is 0 Å². The number of hydrogen-bond acceptors (Lipinski definition) is 5. The molecule has 5 heteroatoms. The lowest BCUT2D eigenvalue weighted by atomic mass is 10.1. The predicted molar refractivity (Wildman–Crippen MR) is 75.9 cm³/mol. The van der Waals surface area contributed by atoms with Gasteiger partial charge in [0.1, 0.15) is 11.5 Å². The summed E-state index contributed by atoms with van der Waals surface area (Å²) >= 11 is 0. The molecule has 2 heterocycles. The first kappa shape index (κ1) is 12.9. The van der Waals surface area contributed by atoms with Crippen molar-refractivity contribution in [1.29, 1.82) is 0 Å². The van der Waals surface area contributed by atoms with Crippen LogP contribution in [-0.4, -0.2) is 24.2 Å². The van der Waals surface area contributed by atoms with Crippen molar-refractivity contribution in [3.63, 3.8) is 0 Å². The Labute approximate surface area is 118 Å². The molecule has 0 bridgehead atoms. The molecular weight excluding hydrogens is 254 g/mol. The molecule has 20 heavy (non-hydrogen) atoms. The van der Waals surface area contributed by atoms with Gasteiger partial charge in [-0.15, -0.1) is 0 Å². The highest BCUT2D eigenvalue weighted by Crippen LogP contribution is 2.29. The van der Waals surface area contributed by atoms with Crippen molar-refractivity contribution in [2.45, 2.75) is 20.0 Å². The van der Waals surface area contributed by atoms with Gasteiger partial charge in [-0.1, -0.05) is 0 Å². The summed E-state index contributed by atoms with van der Waals surface area (Å²) in [6.45, 7) is 3.67. The summed E-state index contributed by atoms with van der Waals surface area (Å²) in [7, 11) is 3.27. The summed E-state index contributed by atoms with van der Waals surface area (Å²) in [4.78, 5) is 9.25. The highest BCUT2D eigenvalue weighted by atomic mass is 16.5. The first-order chi connectivity index (χ1) is 9.71. The third-order valence-corrected chi connectivity index (χ3v) is 3.50. The lowest BCUT2D eigenvalue weighted by Gasteiger charge is -2.10. The lowest BCUT2D eigenvalue weighted by Crippen LogP contribution is -2.00. The van der Waals surface area contributed by atoms with Crippen LogP contribution in [0.4, 0.5) is 0 Å². The molecule has 3 rings (SSSR count). The van der Waals surface area contributed by atoms with Gasteiger partial charge in [0.05, 0.1) is 19.9 Å². The Hall–Kier alpha value is -2.14. The Morgan fingerprint density at radius 2 is 1.70 bits per heavy atom. The third kappa shape index (κ3) is 2.20. The van der Waals surface area contributed by atoms with Gasteiger partial charge in [0.2, 0.25) is 0 Å². The second-order valence-corrected chi connectivity index (χ2v) is 4.76. The highest BCUT2D eigenvalue weighted by molar-refractivity contribution is 5.61. The van der Waals surface area contributed by atoms with E-state index >= 15 is 0 Å². The van der Waals surface area contributed by atoms with Crippen molar-refractivity contribution in [1.82, 2.24) is 15.3 Å². The van der Waals surface area contributed by atoms with Gasteiger partial charge < -0.3 is 14.8 Å². The molecular formula is C15H17N3O2. The first-order valence-electron chi connectivity index (χ1n) is 6.52. The number of fused-ring (bicyclic) bond motifs is 1. The van der Waals surface area contributed by atoms with Crippen molar-refractivity contribution >= 4 is 0 Å². The molecule has 104 valence electrons. The van der Waals surface area contributed by atoms with E-state index in [0.29, 0.717) is 5.82 Å². The Morgan fingerprint density at radius 3 is 2.35 bits per heavy atom. The molecule has 1 aromatic heterocycles. The van der Waals surface area contributed by atoms with Gasteiger partial charge in [0.15, 0.2) is 5.82 Å². The molecule has 5 nitrogen and oxygen atoms in total. The van der Waals surface area contributed by atoms with Gasteiger partial charge in [-0.3, -0.25) is 0 Å². The maximum absolute atomic E-state index is 5.29. The minimum absolute atomic E-state index is 0.710. The fraction of sp³-hybridized carbons (Fsp3) is 0.333. The number of aryl methyl sites for hydroxylation is 1. The van der Waals surface area contributed by atoms with E-state index in [1.54, 1.807) is 14.2 Å². The molecule has 0 unspecified atom stereocenters. The van der Waals surface area contributed by atoms with E-state index in [2.05, 4.69) is 15.3 Å². The molecule has 2 aromatic rings. The Bertz CT molecular complexity index is 634. The summed E-state index contributed by atoms with van der Waals surface area (Å²) in [6, 6.07) is 5.68. The summed E-state index contributed by atoms with van der Waals surface area (Å²) in [5.41, 5.74) is 4.22. The average molecular weight is 271 g/mol. The van der Waals surface area contributed by atoms with Gasteiger partial charge in [0, 0.05) is 36.0 Å². The molecule has 0 amide bonds. The molecule has 0 spiro atoms. The van der Waals surface area contributed by atoms with Crippen LogP contribution in [-0.2, 0) is 13.1 Å². The first-order valence-corrected chi connectivity index (χ1v) is 6.52. The third-order valence-electron chi connectivity index (χ3n) is 3.50. The zero-order valence-electron chi connectivity index (χ0n) is 11.9. The molecule has 0 aliphatic carbocycles. The predicted octanol–water partition coefficient (Wildman–Crippen LogP) is 2.07. The van der Waals surface area contributed by atoms with E-state index in [9.17, 15) is 0 Å². The van der Waals surface area contributed by atoms with Gasteiger partial charge in [-0.05, 0) is 19.1 Å². The maximum atomic E-state index is 5.29. The molecule has 0 radical (unpaired) electrons. The van der Waals surface area contributed by atoms with Crippen LogP contribution < -0.4 is 14.8 Å². The normalized spacial score (nSPS) is 13.2. The number of nitrogens with zero attached hydrogens (tertiary/aromatic N) is 2. The van der Waals surface area contributed by atoms with E-state index in [0.717, 1.165) is 41.5 Å². The lowest BCUT2D eigenvalue weighted by molar-refractivity contribution is 0.394. The van der Waals surface area contributed by atoms with Gasteiger partial charge >= 0.3 is 0 Å². The van der Waals surface area contributed by atoms with Crippen molar-refractivity contribution < 1.29 is 9.47 Å². The smallest absolute Gasteiger partial charge is 0.159 e. The number of benzene rings is 1. The van der Waals surface area contributed by atoms with Crippen molar-refractivity contribution in [2.24, 2.45) is 0 Å². The SMILES string of the molecule is COc1cc(OC)cc(-c2nc(C)c3c(n2)CNC3)c1. The van der Waals surface area contributed by atoms with Gasteiger partial charge in [0.25, 0.3) is 0 Å². The van der Waals surface area contributed by atoms with E-state index < -0.39 is 0 Å². The van der Waals surface area contributed by atoms with Crippen LogP contribution in [0.15, 0.2) is 18.2 Å². The van der Waals surface area contributed by atoms with Crippen molar-refractivity contribution in [3.8, 4) is 22.9 Å². The van der Waals surface area contributed by atoms with Crippen LogP contribution in [0.3, 0.4) is 0 Å². The minimum atomic E-state index is 0.710. The molecule has 1 aliphatic rings. The topological polar surface area (TPSA) is 56.3 Å². The highest BCUT2D eigenvalue weighted by Gasteiger charge is 2.17. The quantitative estimate of drug-likeness (QED) is 0.926. The Morgan fingerprint density at radius 1 is 1.00 bits per heavy atom. The standard InChI is InChI=1S/C15H17N3O2/c1-9-13-7-16-8-14(13)18-15(17-9)10-4-11(19-2)6-12(5-10)20-3/h4-6,16H,7-8H2,1-3H3. The summed E-state index contributed by atoms with van der Waals surface area (Å²) in [6.07, 6.45) is 0. The minimum Gasteiger partial charge on any atom is -0.497 e. The summed E-state index contributed by atoms with van der Waals surface area (Å²) in [5.74, 6) is 2.18. The van der Waals surface area contributed by atoms with Crippen LogP contribution in [0.5, 0.6) is 11.5 Å². The largest absolute Gasteiger partial charge is 0.497 e. The number of methoxy groups -OCH3 is 2. The van der Waals surface area contributed by atoms with Crippen molar-refractivity contribution in [2.75, 3.05) is 14.2 Å².